The van der Waals surface area contributed by atoms with Gasteiger partial charge in [0.25, 0.3) is 10.0 Å². The Morgan fingerprint density at radius 1 is 1.13 bits per heavy atom. The molecule has 15 heavy (non-hydrogen) atoms. The maximum absolute atomic E-state index is 11.6. The molecule has 1 aromatic rings. The summed E-state index contributed by atoms with van der Waals surface area (Å²) in [5.41, 5.74) is 1.04. The van der Waals surface area contributed by atoms with Crippen LogP contribution in [0.3, 0.4) is 0 Å². The molecule has 0 atom stereocenters. The molecule has 0 unspecified atom stereocenters. The van der Waals surface area contributed by atoms with Crippen molar-refractivity contribution in [1.29, 1.82) is 0 Å². The lowest BCUT2D eigenvalue weighted by Gasteiger charge is -2.09. The van der Waals surface area contributed by atoms with Gasteiger partial charge in [-0.05, 0) is 19.1 Å². The number of quaternary nitrogens is 1. The smallest absolute Gasteiger partial charge is 0.282 e. The number of nitrogens with one attached hydrogen (secondary N) is 2. The fraction of sp³-hybridized carbons (Fsp3) is 0.333. The van der Waals surface area contributed by atoms with Crippen molar-refractivity contribution in [1.82, 2.24) is 4.83 Å². The monoisotopic (exact) mass is 250 g/mol. The van der Waals surface area contributed by atoms with Crippen molar-refractivity contribution in [3.8, 4) is 0 Å². The van der Waals surface area contributed by atoms with Crippen molar-refractivity contribution in [2.24, 2.45) is 0 Å². The quantitative estimate of drug-likeness (QED) is 0.544. The molecule has 1 rings (SSSR count). The Balaban J connectivity index is 0.00000196. The lowest BCUT2D eigenvalue weighted by molar-refractivity contribution is -0.890. The van der Waals surface area contributed by atoms with Crippen LogP contribution in [0.2, 0.25) is 0 Å². The van der Waals surface area contributed by atoms with Crippen LogP contribution < -0.4 is 22.2 Å². The van der Waals surface area contributed by atoms with Gasteiger partial charge in [0, 0.05) is 0 Å². The van der Waals surface area contributed by atoms with Crippen LogP contribution in [0.15, 0.2) is 29.2 Å². The number of aryl methyl sites for hydroxylation is 1. The summed E-state index contributed by atoms with van der Waals surface area (Å²) in [6.45, 7) is 1.92. The molecule has 0 saturated heterocycles. The van der Waals surface area contributed by atoms with Crippen LogP contribution in [0.4, 0.5) is 0 Å². The molecule has 0 bridgehead atoms. The third-order valence-electron chi connectivity index (χ3n) is 1.67. The predicted molar refractivity (Wildman–Crippen MR) is 54.3 cm³/mol. The predicted octanol–water partition coefficient (Wildman–Crippen LogP) is -3.66. The van der Waals surface area contributed by atoms with Gasteiger partial charge in [0.05, 0.1) is 19.0 Å². The van der Waals surface area contributed by atoms with Crippen LogP contribution >= 0.6 is 0 Å². The highest BCUT2D eigenvalue weighted by molar-refractivity contribution is 7.89. The first-order chi connectivity index (χ1) is 6.42. The van der Waals surface area contributed by atoms with Crippen molar-refractivity contribution >= 4 is 10.0 Å². The van der Waals surface area contributed by atoms with Crippen molar-refractivity contribution < 1.29 is 25.8 Å². The standard InChI is InChI=1S/C9H14N2O2S.ClH/c1-8-4-6-9(7-5-8)14(12,13)10-11(2)3;/h4-7,10H,1-3H3;1H. The molecule has 0 aromatic heterocycles. The molecule has 86 valence electrons. The van der Waals surface area contributed by atoms with E-state index < -0.39 is 10.0 Å². The van der Waals surface area contributed by atoms with E-state index >= 15 is 0 Å². The van der Waals surface area contributed by atoms with Gasteiger partial charge in [-0.1, -0.05) is 22.5 Å². The maximum atomic E-state index is 11.6. The van der Waals surface area contributed by atoms with E-state index in [9.17, 15) is 8.42 Å². The largest absolute Gasteiger partial charge is 1.00 e. The fourth-order valence-corrected chi connectivity index (χ4v) is 2.19. The molecule has 6 heteroatoms. The minimum Gasteiger partial charge on any atom is -1.00 e. The average Bonchev–Trinajstić information content (AvgIpc) is 2.02. The SMILES string of the molecule is Cc1ccc(S(=O)(=O)N[NH+](C)C)cc1.[Cl-]. The molecule has 2 N–H and O–H groups in total. The second-order valence-electron chi connectivity index (χ2n) is 3.42. The van der Waals surface area contributed by atoms with Gasteiger partial charge >= 0.3 is 0 Å². The third kappa shape index (κ3) is 4.17. The van der Waals surface area contributed by atoms with Gasteiger partial charge in [-0.3, -0.25) is 0 Å². The zero-order chi connectivity index (χ0) is 10.8. The molecule has 0 amide bonds. The summed E-state index contributed by atoms with van der Waals surface area (Å²) < 4.78 is 23.2. The summed E-state index contributed by atoms with van der Waals surface area (Å²) in [7, 11) is 0.0647. The van der Waals surface area contributed by atoms with Crippen LogP contribution in [0, 0.1) is 6.92 Å². The molecule has 0 aliphatic heterocycles. The highest BCUT2D eigenvalue weighted by Crippen LogP contribution is 2.08. The number of benzene rings is 1. The molecule has 0 spiro atoms. The highest BCUT2D eigenvalue weighted by atomic mass is 35.5. The second-order valence-corrected chi connectivity index (χ2v) is 5.10. The van der Waals surface area contributed by atoms with Crippen LogP contribution in [0.25, 0.3) is 0 Å². The number of halogens is 1. The van der Waals surface area contributed by atoms with E-state index in [0.717, 1.165) is 5.56 Å². The van der Waals surface area contributed by atoms with Crippen LogP contribution in [0.5, 0.6) is 0 Å². The Morgan fingerprint density at radius 3 is 2.00 bits per heavy atom. The lowest BCUT2D eigenvalue weighted by atomic mass is 10.2. The summed E-state index contributed by atoms with van der Waals surface area (Å²) in [4.78, 5) is 2.74. The van der Waals surface area contributed by atoms with Gasteiger partial charge in [-0.15, -0.1) is 0 Å². The van der Waals surface area contributed by atoms with Gasteiger partial charge in [-0.25, -0.2) is 13.4 Å². The Morgan fingerprint density at radius 2 is 1.60 bits per heavy atom. The van der Waals surface area contributed by atoms with Crippen LogP contribution in [0.1, 0.15) is 5.56 Å². The van der Waals surface area contributed by atoms with Crippen molar-refractivity contribution in [3.63, 3.8) is 0 Å². The normalized spacial score (nSPS) is 11.2. The zero-order valence-corrected chi connectivity index (χ0v) is 10.5. The maximum Gasteiger partial charge on any atom is 0.282 e. The van der Waals surface area contributed by atoms with E-state index in [2.05, 4.69) is 4.83 Å². The Labute approximate surface area is 96.7 Å². The zero-order valence-electron chi connectivity index (χ0n) is 8.91. The van der Waals surface area contributed by atoms with Gasteiger partial charge < -0.3 is 12.4 Å². The molecule has 0 radical (unpaired) electrons. The molecule has 1 aromatic carbocycles. The number of hydrogen-bond donors (Lipinski definition) is 2. The topological polar surface area (TPSA) is 50.6 Å². The summed E-state index contributed by atoms with van der Waals surface area (Å²) in [5.74, 6) is 0. The van der Waals surface area contributed by atoms with E-state index in [0.29, 0.717) is 9.90 Å². The van der Waals surface area contributed by atoms with Crippen molar-refractivity contribution in [2.45, 2.75) is 11.8 Å². The Bertz CT molecular complexity index is 401. The van der Waals surface area contributed by atoms with E-state index in [4.69, 9.17) is 0 Å². The summed E-state index contributed by atoms with van der Waals surface area (Å²) >= 11 is 0. The first-order valence-corrected chi connectivity index (χ1v) is 5.80. The second kappa shape index (κ2) is 5.46. The van der Waals surface area contributed by atoms with E-state index in [1.807, 2.05) is 6.92 Å². The minimum absolute atomic E-state index is 0. The Kier molecular flexibility index (Phi) is 5.23. The summed E-state index contributed by atoms with van der Waals surface area (Å²) in [6.07, 6.45) is 0. The van der Waals surface area contributed by atoms with E-state index in [1.54, 1.807) is 38.4 Å². The molecular weight excluding hydrogens is 236 g/mol. The minimum atomic E-state index is -3.36. The van der Waals surface area contributed by atoms with E-state index in [1.165, 1.54) is 0 Å². The highest BCUT2D eigenvalue weighted by Gasteiger charge is 2.15. The average molecular weight is 251 g/mol. The summed E-state index contributed by atoms with van der Waals surface area (Å²) in [5, 5.41) is 0.658. The lowest BCUT2D eigenvalue weighted by Crippen LogP contribution is -3.13. The van der Waals surface area contributed by atoms with Crippen LogP contribution in [-0.4, -0.2) is 22.5 Å². The fourth-order valence-electron chi connectivity index (χ4n) is 1.05. The van der Waals surface area contributed by atoms with Gasteiger partial charge in [0.15, 0.2) is 0 Å². The van der Waals surface area contributed by atoms with Crippen LogP contribution in [-0.2, 0) is 10.0 Å². The summed E-state index contributed by atoms with van der Waals surface area (Å²) in [6, 6.07) is 6.75. The molecule has 0 fully saturated rings. The number of rotatable bonds is 3. The van der Waals surface area contributed by atoms with Gasteiger partial charge in [0.2, 0.25) is 0 Å². The first-order valence-electron chi connectivity index (χ1n) is 4.31. The third-order valence-corrected chi connectivity index (χ3v) is 3.24. The molecule has 0 saturated carbocycles. The number of hydrogen-bond acceptors (Lipinski definition) is 2. The molecule has 0 aliphatic rings. The Hall–Kier alpha value is -0.620. The number of sulfonamides is 1. The first kappa shape index (κ1) is 14.4. The molecule has 0 aliphatic carbocycles. The molecule has 4 nitrogen and oxygen atoms in total. The van der Waals surface area contributed by atoms with Gasteiger partial charge in [-0.2, -0.15) is 0 Å². The van der Waals surface area contributed by atoms with Gasteiger partial charge in [0.1, 0.15) is 0 Å². The molecular formula is C9H15ClN2O2S. The van der Waals surface area contributed by atoms with Crippen molar-refractivity contribution in [2.75, 3.05) is 14.1 Å². The van der Waals surface area contributed by atoms with E-state index in [-0.39, 0.29) is 12.4 Å². The molecule has 0 heterocycles. The van der Waals surface area contributed by atoms with Crippen molar-refractivity contribution in [3.05, 3.63) is 29.8 Å².